The first kappa shape index (κ1) is 26.1. The Morgan fingerprint density at radius 3 is 1.75 bits per heavy atom. The molecular weight excluding hydrogens is 356 g/mol. The summed E-state index contributed by atoms with van der Waals surface area (Å²) >= 11 is 0. The summed E-state index contributed by atoms with van der Waals surface area (Å²) in [5, 5.41) is 11.2. The molecule has 2 amide bonds. The van der Waals surface area contributed by atoms with Crippen LogP contribution in [0.5, 0.6) is 0 Å². The molecule has 28 heavy (non-hydrogen) atoms. The van der Waals surface area contributed by atoms with Gasteiger partial charge in [-0.2, -0.15) is 0 Å². The summed E-state index contributed by atoms with van der Waals surface area (Å²) in [6.45, 7) is 2.25. The lowest BCUT2D eigenvalue weighted by Gasteiger charge is -2.10. The van der Waals surface area contributed by atoms with Gasteiger partial charge in [-0.1, -0.05) is 90.0 Å². The molecule has 0 saturated heterocycles. The van der Waals surface area contributed by atoms with Crippen molar-refractivity contribution in [1.29, 1.82) is 0 Å². The number of carboxylic acids is 1. The predicted molar refractivity (Wildman–Crippen MR) is 113 cm³/mol. The van der Waals surface area contributed by atoms with Gasteiger partial charge in [-0.15, -0.1) is 0 Å². The normalized spacial score (nSPS) is 12.2. The van der Waals surface area contributed by atoms with Gasteiger partial charge in [0.15, 0.2) is 0 Å². The number of nitrogens with one attached hydrogen (secondary N) is 1. The number of nitrogens with two attached hydrogens (primary N) is 1. The topological polar surface area (TPSA) is 109 Å². The summed E-state index contributed by atoms with van der Waals surface area (Å²) in [5.41, 5.74) is 4.97. The SMILES string of the molecule is CCCCCCCCCCCCCCC/C=C/C(=O)NC(CC(N)=O)C(=O)O. The fourth-order valence-corrected chi connectivity index (χ4v) is 3.09. The fraction of sp³-hybridized carbons (Fsp3) is 0.773. The lowest BCUT2D eigenvalue weighted by Crippen LogP contribution is -2.42. The number of primary amides is 1. The molecule has 0 aliphatic rings. The van der Waals surface area contributed by atoms with Crippen molar-refractivity contribution in [3.05, 3.63) is 12.2 Å². The van der Waals surface area contributed by atoms with E-state index in [1.54, 1.807) is 6.08 Å². The molecule has 0 bridgehead atoms. The third-order valence-corrected chi connectivity index (χ3v) is 4.76. The van der Waals surface area contributed by atoms with Crippen LogP contribution in [-0.4, -0.2) is 28.9 Å². The van der Waals surface area contributed by atoms with Crippen LogP contribution >= 0.6 is 0 Å². The van der Waals surface area contributed by atoms with E-state index in [2.05, 4.69) is 12.2 Å². The molecule has 0 radical (unpaired) electrons. The van der Waals surface area contributed by atoms with Crippen LogP contribution in [0.3, 0.4) is 0 Å². The van der Waals surface area contributed by atoms with Crippen molar-refractivity contribution in [2.24, 2.45) is 5.73 Å². The van der Waals surface area contributed by atoms with Crippen molar-refractivity contribution in [3.63, 3.8) is 0 Å². The van der Waals surface area contributed by atoms with Crippen LogP contribution < -0.4 is 11.1 Å². The van der Waals surface area contributed by atoms with E-state index in [1.807, 2.05) is 0 Å². The first-order valence-corrected chi connectivity index (χ1v) is 11.0. The quantitative estimate of drug-likeness (QED) is 0.221. The Bertz CT molecular complexity index is 463. The second kappa shape index (κ2) is 18.5. The smallest absolute Gasteiger partial charge is 0.326 e. The number of aliphatic carboxylic acids is 1. The molecule has 0 aromatic carbocycles. The largest absolute Gasteiger partial charge is 0.480 e. The summed E-state index contributed by atoms with van der Waals surface area (Å²) in [5.74, 6) is -2.54. The number of amides is 2. The average Bonchev–Trinajstić information content (AvgIpc) is 2.64. The zero-order chi connectivity index (χ0) is 21.0. The number of hydrogen-bond acceptors (Lipinski definition) is 3. The fourth-order valence-electron chi connectivity index (χ4n) is 3.09. The van der Waals surface area contributed by atoms with E-state index in [0.717, 1.165) is 19.3 Å². The number of unbranched alkanes of at least 4 members (excludes halogenated alkanes) is 13. The minimum Gasteiger partial charge on any atom is -0.480 e. The van der Waals surface area contributed by atoms with E-state index in [1.165, 1.54) is 76.7 Å². The van der Waals surface area contributed by atoms with E-state index in [9.17, 15) is 14.4 Å². The van der Waals surface area contributed by atoms with Crippen molar-refractivity contribution >= 4 is 17.8 Å². The molecule has 0 spiro atoms. The average molecular weight is 397 g/mol. The highest BCUT2D eigenvalue weighted by Gasteiger charge is 2.20. The van der Waals surface area contributed by atoms with Crippen molar-refractivity contribution in [1.82, 2.24) is 5.32 Å². The zero-order valence-corrected chi connectivity index (χ0v) is 17.6. The number of carbonyl (C=O) groups is 3. The number of carbonyl (C=O) groups excluding carboxylic acids is 2. The van der Waals surface area contributed by atoms with E-state index < -0.39 is 30.2 Å². The molecule has 0 rings (SSSR count). The molecule has 0 fully saturated rings. The Labute approximate surface area is 170 Å². The molecule has 0 saturated carbocycles. The van der Waals surface area contributed by atoms with Crippen LogP contribution in [-0.2, 0) is 14.4 Å². The lowest BCUT2D eigenvalue weighted by molar-refractivity contribution is -0.142. The predicted octanol–water partition coefficient (Wildman–Crippen LogP) is 4.47. The van der Waals surface area contributed by atoms with Gasteiger partial charge < -0.3 is 16.2 Å². The van der Waals surface area contributed by atoms with Gasteiger partial charge in [0, 0.05) is 0 Å². The highest BCUT2D eigenvalue weighted by Crippen LogP contribution is 2.13. The van der Waals surface area contributed by atoms with Gasteiger partial charge in [-0.25, -0.2) is 4.79 Å². The molecule has 0 aliphatic carbocycles. The maximum atomic E-state index is 11.7. The van der Waals surface area contributed by atoms with E-state index in [0.29, 0.717) is 0 Å². The third kappa shape index (κ3) is 17.6. The molecular formula is C22H40N2O4. The van der Waals surface area contributed by atoms with Gasteiger partial charge in [-0.05, 0) is 18.9 Å². The second-order valence-electron chi connectivity index (χ2n) is 7.50. The molecule has 6 nitrogen and oxygen atoms in total. The van der Waals surface area contributed by atoms with Crippen molar-refractivity contribution < 1.29 is 19.5 Å². The van der Waals surface area contributed by atoms with Crippen LogP contribution in [0.2, 0.25) is 0 Å². The molecule has 162 valence electrons. The maximum absolute atomic E-state index is 11.7. The Hall–Kier alpha value is -1.85. The molecule has 0 aromatic heterocycles. The van der Waals surface area contributed by atoms with Crippen LogP contribution in [0, 0.1) is 0 Å². The number of rotatable bonds is 19. The van der Waals surface area contributed by atoms with Gasteiger partial charge in [0.1, 0.15) is 6.04 Å². The van der Waals surface area contributed by atoms with Crippen LogP contribution in [0.15, 0.2) is 12.2 Å². The molecule has 6 heteroatoms. The van der Waals surface area contributed by atoms with Crippen LogP contribution in [0.25, 0.3) is 0 Å². The van der Waals surface area contributed by atoms with Crippen LogP contribution in [0.1, 0.15) is 103 Å². The highest BCUT2D eigenvalue weighted by atomic mass is 16.4. The standard InChI is InChI=1S/C22H40N2O4/c1-2-3-4-5-6-7-8-9-10-11-12-13-14-15-16-17-21(26)24-19(22(27)28)18-20(23)25/h16-17,19H,2-15,18H2,1H3,(H2,23,25)(H,24,26)(H,27,28)/b17-16+. The first-order chi connectivity index (χ1) is 13.5. The van der Waals surface area contributed by atoms with Gasteiger partial charge in [0.05, 0.1) is 6.42 Å². The summed E-state index contributed by atoms with van der Waals surface area (Å²) in [6, 6.07) is -1.27. The zero-order valence-electron chi connectivity index (χ0n) is 17.6. The van der Waals surface area contributed by atoms with Gasteiger partial charge in [0.2, 0.25) is 11.8 Å². The van der Waals surface area contributed by atoms with E-state index in [-0.39, 0.29) is 0 Å². The van der Waals surface area contributed by atoms with Gasteiger partial charge >= 0.3 is 5.97 Å². The Morgan fingerprint density at radius 2 is 1.32 bits per heavy atom. The molecule has 0 aromatic rings. The Kier molecular flexibility index (Phi) is 17.3. The third-order valence-electron chi connectivity index (χ3n) is 4.76. The minimum absolute atomic E-state index is 0.409. The summed E-state index contributed by atoms with van der Waals surface area (Å²) in [6.07, 6.45) is 20.3. The summed E-state index contributed by atoms with van der Waals surface area (Å²) in [7, 11) is 0. The first-order valence-electron chi connectivity index (χ1n) is 11.0. The van der Waals surface area contributed by atoms with E-state index >= 15 is 0 Å². The lowest BCUT2D eigenvalue weighted by atomic mass is 10.0. The number of carboxylic acid groups (broad SMARTS) is 1. The summed E-state index contributed by atoms with van der Waals surface area (Å²) in [4.78, 5) is 33.4. The summed E-state index contributed by atoms with van der Waals surface area (Å²) < 4.78 is 0. The molecule has 4 N–H and O–H groups in total. The molecule has 1 unspecified atom stereocenters. The molecule has 0 heterocycles. The molecule has 0 aliphatic heterocycles. The highest BCUT2D eigenvalue weighted by molar-refractivity contribution is 5.92. The van der Waals surface area contributed by atoms with Gasteiger partial charge in [-0.3, -0.25) is 9.59 Å². The van der Waals surface area contributed by atoms with Gasteiger partial charge in [0.25, 0.3) is 0 Å². The van der Waals surface area contributed by atoms with Crippen molar-refractivity contribution in [2.75, 3.05) is 0 Å². The monoisotopic (exact) mass is 396 g/mol. The van der Waals surface area contributed by atoms with Crippen molar-refractivity contribution in [3.8, 4) is 0 Å². The second-order valence-corrected chi connectivity index (χ2v) is 7.50. The molecule has 1 atom stereocenters. The van der Waals surface area contributed by atoms with Crippen LogP contribution in [0.4, 0.5) is 0 Å². The van der Waals surface area contributed by atoms with E-state index in [4.69, 9.17) is 10.8 Å². The maximum Gasteiger partial charge on any atom is 0.326 e. The Morgan fingerprint density at radius 1 is 0.857 bits per heavy atom. The number of allylic oxidation sites excluding steroid dienone is 1. The van der Waals surface area contributed by atoms with Crippen molar-refractivity contribution in [2.45, 2.75) is 109 Å². The Balaban J connectivity index is 3.53. The number of hydrogen-bond donors (Lipinski definition) is 3. The minimum atomic E-state index is -1.27.